The Morgan fingerprint density at radius 3 is 2.56 bits per heavy atom. The number of carbonyl (C=O) groups is 1. The highest BCUT2D eigenvalue weighted by molar-refractivity contribution is 9.10. The van der Waals surface area contributed by atoms with Gasteiger partial charge in [0.15, 0.2) is 16.4 Å². The fourth-order valence-corrected chi connectivity index (χ4v) is 6.61. The van der Waals surface area contributed by atoms with Crippen LogP contribution in [-0.4, -0.2) is 39.9 Å². The smallest absolute Gasteiger partial charge is 0.344 e. The highest BCUT2D eigenvalue weighted by Gasteiger charge is 2.40. The van der Waals surface area contributed by atoms with E-state index in [4.69, 9.17) is 9.47 Å². The van der Waals surface area contributed by atoms with Crippen molar-refractivity contribution in [1.82, 2.24) is 0 Å². The van der Waals surface area contributed by atoms with Crippen molar-refractivity contribution in [3.8, 4) is 5.75 Å². The zero-order valence-corrected chi connectivity index (χ0v) is 21.2. The second kappa shape index (κ2) is 10.3. The van der Waals surface area contributed by atoms with Gasteiger partial charge in [0.25, 0.3) is 0 Å². The van der Waals surface area contributed by atoms with Crippen LogP contribution in [0.2, 0.25) is 0 Å². The molecule has 1 atom stereocenters. The first-order chi connectivity index (χ1) is 15.2. The van der Waals surface area contributed by atoms with Crippen molar-refractivity contribution < 1.29 is 22.7 Å². The molecule has 0 aromatic heterocycles. The number of unbranched alkanes of at least 4 members (excludes halogenated alkanes) is 1. The van der Waals surface area contributed by atoms with Crippen molar-refractivity contribution in [2.45, 2.75) is 44.9 Å². The Morgan fingerprint density at radius 2 is 1.91 bits per heavy atom. The van der Waals surface area contributed by atoms with Gasteiger partial charge in [-0.05, 0) is 52.9 Å². The van der Waals surface area contributed by atoms with E-state index >= 15 is 0 Å². The Bertz CT molecular complexity index is 1060. The molecule has 0 amide bonds. The summed E-state index contributed by atoms with van der Waals surface area (Å²) in [6.45, 7) is 6.43. The summed E-state index contributed by atoms with van der Waals surface area (Å²) in [5.74, 6) is -0.157. The number of benzene rings is 2. The van der Waals surface area contributed by atoms with Crippen LogP contribution in [0.5, 0.6) is 5.75 Å². The Balaban J connectivity index is 2.10. The Hall–Kier alpha value is -2.06. The van der Waals surface area contributed by atoms with Crippen LogP contribution in [0.1, 0.15) is 40.0 Å². The van der Waals surface area contributed by atoms with Crippen LogP contribution in [0.4, 0.5) is 11.4 Å². The largest absolute Gasteiger partial charge is 0.481 e. The molecule has 0 spiro atoms. The highest BCUT2D eigenvalue weighted by Crippen LogP contribution is 2.45. The van der Waals surface area contributed by atoms with Crippen molar-refractivity contribution in [2.75, 3.05) is 30.4 Å². The molecule has 1 aliphatic heterocycles. The normalized spacial score (nSPS) is 19.7. The number of rotatable bonds is 8. The molecule has 3 rings (SSSR count). The molecule has 174 valence electrons. The summed E-state index contributed by atoms with van der Waals surface area (Å²) < 4.78 is 38.2. The Labute approximate surface area is 199 Å². The molecule has 0 radical (unpaired) electrons. The lowest BCUT2D eigenvalue weighted by Gasteiger charge is -2.34. The number of hydrogen-bond donors (Lipinski definition) is 0. The maximum atomic E-state index is 13.6. The molecule has 1 aliphatic rings. The summed E-state index contributed by atoms with van der Waals surface area (Å²) in [6, 6.07) is 13.1. The molecule has 2 aromatic carbocycles. The maximum Gasteiger partial charge on any atom is 0.344 e. The number of carbonyl (C=O) groups excluding carboxylic acids is 1. The molecule has 1 unspecified atom stereocenters. The molecule has 8 heteroatoms. The number of anilines is 2. The van der Waals surface area contributed by atoms with Gasteiger partial charge in [-0.25, -0.2) is 13.2 Å². The third kappa shape index (κ3) is 5.64. The fraction of sp³-hybridized carbons (Fsp3) is 0.458. The van der Waals surface area contributed by atoms with E-state index in [0.29, 0.717) is 22.5 Å². The third-order valence-corrected chi connectivity index (χ3v) is 8.26. The van der Waals surface area contributed by atoms with Crippen molar-refractivity contribution in [3.63, 3.8) is 0 Å². The predicted octanol–water partition coefficient (Wildman–Crippen LogP) is 5.51. The van der Waals surface area contributed by atoms with Gasteiger partial charge in [-0.1, -0.05) is 44.9 Å². The molecular weight excluding hydrogens is 494 g/mol. The molecule has 0 saturated heterocycles. The summed E-state index contributed by atoms with van der Waals surface area (Å²) in [4.78, 5) is 14.0. The van der Waals surface area contributed by atoms with Crippen LogP contribution < -0.4 is 9.64 Å². The topological polar surface area (TPSA) is 72.9 Å². The van der Waals surface area contributed by atoms with Crippen LogP contribution in [0.3, 0.4) is 0 Å². The molecule has 0 aliphatic carbocycles. The van der Waals surface area contributed by atoms with E-state index in [1.54, 1.807) is 13.0 Å². The van der Waals surface area contributed by atoms with Crippen LogP contribution in [0.15, 0.2) is 51.8 Å². The van der Waals surface area contributed by atoms with Crippen LogP contribution in [-0.2, 0) is 19.4 Å². The lowest BCUT2D eigenvalue weighted by molar-refractivity contribution is -0.145. The molecule has 0 saturated carbocycles. The summed E-state index contributed by atoms with van der Waals surface area (Å²) >= 11 is 3.50. The van der Waals surface area contributed by atoms with Gasteiger partial charge >= 0.3 is 5.97 Å². The fourth-order valence-electron chi connectivity index (χ4n) is 4.08. The second-order valence-electron chi connectivity index (χ2n) is 8.44. The minimum atomic E-state index is -3.60. The number of sulfone groups is 1. The van der Waals surface area contributed by atoms with Gasteiger partial charge < -0.3 is 14.4 Å². The number of halogens is 1. The average Bonchev–Trinajstić information content (AvgIpc) is 2.83. The number of fused-ring (bicyclic) bond motifs is 1. The maximum absolute atomic E-state index is 13.6. The van der Waals surface area contributed by atoms with Crippen LogP contribution in [0, 0.1) is 5.41 Å². The van der Waals surface area contributed by atoms with Gasteiger partial charge in [-0.2, -0.15) is 0 Å². The Morgan fingerprint density at radius 1 is 1.19 bits per heavy atom. The monoisotopic (exact) mass is 523 g/mol. The van der Waals surface area contributed by atoms with Crippen molar-refractivity contribution in [1.29, 1.82) is 0 Å². The average molecular weight is 524 g/mol. The molecule has 6 nitrogen and oxygen atoms in total. The van der Waals surface area contributed by atoms with Gasteiger partial charge in [0.05, 0.1) is 27.4 Å². The van der Waals surface area contributed by atoms with Crippen molar-refractivity contribution in [2.24, 2.45) is 5.41 Å². The van der Waals surface area contributed by atoms with E-state index in [-0.39, 0.29) is 23.9 Å². The summed E-state index contributed by atoms with van der Waals surface area (Å²) in [7, 11) is -3.60. The molecule has 32 heavy (non-hydrogen) atoms. The number of nitrogens with zero attached hydrogens (tertiary/aromatic N) is 1. The molecule has 0 N–H and O–H groups in total. The summed E-state index contributed by atoms with van der Waals surface area (Å²) in [6.07, 6.45) is 2.78. The zero-order chi connectivity index (χ0) is 23.4. The van der Waals surface area contributed by atoms with Gasteiger partial charge in [-0.15, -0.1) is 0 Å². The first-order valence-corrected chi connectivity index (χ1v) is 13.3. The highest BCUT2D eigenvalue weighted by atomic mass is 79.9. The second-order valence-corrected chi connectivity index (χ2v) is 11.3. The minimum absolute atomic E-state index is 0.0509. The van der Waals surface area contributed by atoms with E-state index in [2.05, 4.69) is 34.7 Å². The molecule has 0 fully saturated rings. The number of para-hydroxylation sites is 1. The number of ether oxygens (including phenoxy) is 2. The first kappa shape index (κ1) is 24.6. The standard InChI is InChI=1S/C24H30BrNO5S/c1-4-6-12-24(3)16-26(18-10-8-7-9-11-18)20-13-19(25)21(31-15-23(27)30-5-2)14-22(20)32(28,29)17-24/h7-11,13-14H,4-6,12,15-17H2,1-3H3. The predicted molar refractivity (Wildman–Crippen MR) is 129 cm³/mol. The molecule has 0 bridgehead atoms. The van der Waals surface area contributed by atoms with Gasteiger partial charge in [0, 0.05) is 18.3 Å². The Kier molecular flexibility index (Phi) is 7.88. The number of hydrogen-bond acceptors (Lipinski definition) is 6. The number of esters is 1. The third-order valence-electron chi connectivity index (χ3n) is 5.57. The van der Waals surface area contributed by atoms with Crippen molar-refractivity contribution >= 4 is 43.1 Å². The first-order valence-electron chi connectivity index (χ1n) is 10.9. The lowest BCUT2D eigenvalue weighted by atomic mass is 9.86. The summed E-state index contributed by atoms with van der Waals surface area (Å²) in [5, 5.41) is 0. The van der Waals surface area contributed by atoms with E-state index in [9.17, 15) is 13.2 Å². The van der Waals surface area contributed by atoms with Gasteiger partial charge in [-0.3, -0.25) is 0 Å². The van der Waals surface area contributed by atoms with Crippen LogP contribution in [0.25, 0.3) is 0 Å². The summed E-state index contributed by atoms with van der Waals surface area (Å²) in [5.41, 5.74) is 1.12. The van der Waals surface area contributed by atoms with E-state index in [1.807, 2.05) is 30.3 Å². The van der Waals surface area contributed by atoms with Gasteiger partial charge in [0.2, 0.25) is 0 Å². The lowest BCUT2D eigenvalue weighted by Crippen LogP contribution is -2.35. The van der Waals surface area contributed by atoms with E-state index in [0.717, 1.165) is 24.9 Å². The minimum Gasteiger partial charge on any atom is -0.481 e. The molecule has 2 aromatic rings. The molecular formula is C24H30BrNO5S. The SMILES string of the molecule is CCCCC1(C)CN(c2ccccc2)c2cc(Br)c(OCC(=O)OCC)cc2S(=O)(=O)C1. The van der Waals surface area contributed by atoms with E-state index in [1.165, 1.54) is 6.07 Å². The zero-order valence-electron chi connectivity index (χ0n) is 18.8. The van der Waals surface area contributed by atoms with Crippen molar-refractivity contribution in [3.05, 3.63) is 46.9 Å². The molecule has 1 heterocycles. The van der Waals surface area contributed by atoms with Crippen LogP contribution >= 0.6 is 15.9 Å². The quantitative estimate of drug-likeness (QED) is 0.424. The van der Waals surface area contributed by atoms with E-state index < -0.39 is 21.2 Å². The van der Waals surface area contributed by atoms with Gasteiger partial charge in [0.1, 0.15) is 5.75 Å².